The largest absolute Gasteiger partial charge is 0.0811 e. The highest BCUT2D eigenvalue weighted by molar-refractivity contribution is 5.33. The Morgan fingerprint density at radius 2 is 1.82 bits per heavy atom. The van der Waals surface area contributed by atoms with E-state index in [4.69, 9.17) is 0 Å². The van der Waals surface area contributed by atoms with E-state index < -0.39 is 0 Å². The Morgan fingerprint density at radius 1 is 1.18 bits per heavy atom. The van der Waals surface area contributed by atoms with Crippen molar-refractivity contribution in [2.45, 2.75) is 67.2 Å². The standard InChI is InChI=1S/C17H30/c1-12(2)9-15-10-14-7-8-17(15,11-13(3)4)16(14,5)6/h10,12-14H,7-9,11H2,1-6H3. The molecule has 0 amide bonds. The van der Waals surface area contributed by atoms with Crippen LogP contribution in [0.1, 0.15) is 67.2 Å². The quantitative estimate of drug-likeness (QED) is 0.568. The molecule has 0 radical (unpaired) electrons. The Kier molecular flexibility index (Phi) is 3.21. The zero-order chi connectivity index (χ0) is 12.8. The first kappa shape index (κ1) is 13.2. The van der Waals surface area contributed by atoms with Crippen LogP contribution < -0.4 is 0 Å². The second-order valence-corrected chi connectivity index (χ2v) is 7.84. The van der Waals surface area contributed by atoms with Gasteiger partial charge in [-0.25, -0.2) is 0 Å². The summed E-state index contributed by atoms with van der Waals surface area (Å²) in [6, 6.07) is 0. The molecule has 1 saturated carbocycles. The summed E-state index contributed by atoms with van der Waals surface area (Å²) in [5.41, 5.74) is 2.86. The number of hydrogen-bond donors (Lipinski definition) is 0. The number of hydrogen-bond acceptors (Lipinski definition) is 0. The van der Waals surface area contributed by atoms with Gasteiger partial charge in [0.2, 0.25) is 0 Å². The summed E-state index contributed by atoms with van der Waals surface area (Å²) in [6.07, 6.45) is 8.26. The molecule has 98 valence electrons. The minimum Gasteiger partial charge on any atom is -0.0811 e. The normalized spacial score (nSPS) is 34.8. The van der Waals surface area contributed by atoms with Crippen molar-refractivity contribution in [2.24, 2.45) is 28.6 Å². The smallest absolute Gasteiger partial charge is 0.00285 e. The third-order valence-corrected chi connectivity index (χ3v) is 5.44. The van der Waals surface area contributed by atoms with Gasteiger partial charge in [0.05, 0.1) is 0 Å². The van der Waals surface area contributed by atoms with Crippen molar-refractivity contribution in [2.75, 3.05) is 0 Å². The van der Waals surface area contributed by atoms with Crippen LogP contribution in [0.25, 0.3) is 0 Å². The van der Waals surface area contributed by atoms with Gasteiger partial charge in [0, 0.05) is 0 Å². The van der Waals surface area contributed by atoms with Crippen molar-refractivity contribution in [3.63, 3.8) is 0 Å². The van der Waals surface area contributed by atoms with E-state index in [1.165, 1.54) is 25.7 Å². The van der Waals surface area contributed by atoms with Gasteiger partial charge in [-0.1, -0.05) is 53.2 Å². The van der Waals surface area contributed by atoms with E-state index in [9.17, 15) is 0 Å². The molecule has 1 fully saturated rings. The third kappa shape index (κ3) is 1.88. The Bertz CT molecular complexity index is 319. The molecule has 2 unspecified atom stereocenters. The van der Waals surface area contributed by atoms with E-state index in [-0.39, 0.29) is 0 Å². The molecular formula is C17H30. The van der Waals surface area contributed by atoms with Crippen molar-refractivity contribution in [3.8, 4) is 0 Å². The summed E-state index contributed by atoms with van der Waals surface area (Å²) < 4.78 is 0. The Morgan fingerprint density at radius 3 is 2.29 bits per heavy atom. The second kappa shape index (κ2) is 4.14. The summed E-state index contributed by atoms with van der Waals surface area (Å²) in [5, 5.41) is 0. The van der Waals surface area contributed by atoms with Crippen LogP contribution in [-0.2, 0) is 0 Å². The molecule has 0 aromatic rings. The van der Waals surface area contributed by atoms with Crippen molar-refractivity contribution in [3.05, 3.63) is 11.6 Å². The molecule has 0 nitrogen and oxygen atoms in total. The van der Waals surface area contributed by atoms with Crippen molar-refractivity contribution >= 4 is 0 Å². The van der Waals surface area contributed by atoms with E-state index in [1.54, 1.807) is 0 Å². The lowest BCUT2D eigenvalue weighted by molar-refractivity contribution is 0.115. The molecule has 0 aromatic carbocycles. The van der Waals surface area contributed by atoms with Crippen LogP contribution in [-0.4, -0.2) is 0 Å². The fourth-order valence-electron chi connectivity index (χ4n) is 4.60. The molecule has 17 heavy (non-hydrogen) atoms. The maximum atomic E-state index is 2.66. The van der Waals surface area contributed by atoms with E-state index in [1.807, 2.05) is 5.57 Å². The Balaban J connectivity index is 2.31. The molecular weight excluding hydrogens is 204 g/mol. The van der Waals surface area contributed by atoms with E-state index in [0.29, 0.717) is 10.8 Å². The highest BCUT2D eigenvalue weighted by atomic mass is 14.6. The monoisotopic (exact) mass is 234 g/mol. The fraction of sp³-hybridized carbons (Fsp3) is 0.882. The molecule has 2 aliphatic carbocycles. The molecule has 2 aliphatic rings. The van der Waals surface area contributed by atoms with E-state index in [2.05, 4.69) is 47.6 Å². The molecule has 0 heteroatoms. The van der Waals surface area contributed by atoms with Gasteiger partial charge in [-0.15, -0.1) is 0 Å². The highest BCUT2D eigenvalue weighted by Gasteiger charge is 2.59. The van der Waals surface area contributed by atoms with Gasteiger partial charge in [0.1, 0.15) is 0 Å². The first-order valence-corrected chi connectivity index (χ1v) is 7.51. The Labute approximate surface area is 108 Å². The van der Waals surface area contributed by atoms with Crippen LogP contribution >= 0.6 is 0 Å². The lowest BCUT2D eigenvalue weighted by Gasteiger charge is -2.43. The van der Waals surface area contributed by atoms with Crippen molar-refractivity contribution < 1.29 is 0 Å². The lowest BCUT2D eigenvalue weighted by atomic mass is 9.61. The average Bonchev–Trinajstić information content (AvgIpc) is 2.49. The van der Waals surface area contributed by atoms with E-state index in [0.717, 1.165) is 17.8 Å². The first-order chi connectivity index (χ1) is 7.79. The predicted molar refractivity (Wildman–Crippen MR) is 75.9 cm³/mol. The third-order valence-electron chi connectivity index (χ3n) is 5.44. The van der Waals surface area contributed by atoms with Gasteiger partial charge < -0.3 is 0 Å². The highest BCUT2D eigenvalue weighted by Crippen LogP contribution is 2.68. The van der Waals surface area contributed by atoms with Crippen molar-refractivity contribution in [1.82, 2.24) is 0 Å². The van der Waals surface area contributed by atoms with Crippen LogP contribution in [0.2, 0.25) is 0 Å². The summed E-state index contributed by atoms with van der Waals surface area (Å²) in [7, 11) is 0. The van der Waals surface area contributed by atoms with Gasteiger partial charge in [-0.05, 0) is 54.3 Å². The molecule has 0 saturated heterocycles. The molecule has 0 aliphatic heterocycles. The Hall–Kier alpha value is -0.260. The second-order valence-electron chi connectivity index (χ2n) is 7.84. The average molecular weight is 234 g/mol. The molecule has 0 spiro atoms. The van der Waals surface area contributed by atoms with Crippen LogP contribution in [0, 0.1) is 28.6 Å². The number of allylic oxidation sites excluding steroid dienone is 2. The molecule has 2 bridgehead atoms. The molecule has 2 rings (SSSR count). The molecule has 0 N–H and O–H groups in total. The predicted octanol–water partition coefficient (Wildman–Crippen LogP) is 5.44. The molecule has 2 atom stereocenters. The maximum Gasteiger partial charge on any atom is -0.00285 e. The minimum absolute atomic E-state index is 0.515. The maximum absolute atomic E-state index is 2.66. The van der Waals surface area contributed by atoms with Gasteiger partial charge in [-0.3, -0.25) is 0 Å². The zero-order valence-corrected chi connectivity index (χ0v) is 12.6. The fourth-order valence-corrected chi connectivity index (χ4v) is 4.60. The van der Waals surface area contributed by atoms with E-state index >= 15 is 0 Å². The summed E-state index contributed by atoms with van der Waals surface area (Å²) in [4.78, 5) is 0. The summed E-state index contributed by atoms with van der Waals surface area (Å²) in [5.74, 6) is 2.48. The van der Waals surface area contributed by atoms with Crippen LogP contribution in [0.15, 0.2) is 11.6 Å². The minimum atomic E-state index is 0.515. The van der Waals surface area contributed by atoms with Crippen LogP contribution in [0.3, 0.4) is 0 Å². The molecule has 0 heterocycles. The zero-order valence-electron chi connectivity index (χ0n) is 12.6. The van der Waals surface area contributed by atoms with Gasteiger partial charge in [0.25, 0.3) is 0 Å². The molecule has 0 aromatic heterocycles. The van der Waals surface area contributed by atoms with Gasteiger partial charge >= 0.3 is 0 Å². The van der Waals surface area contributed by atoms with Gasteiger partial charge in [-0.2, -0.15) is 0 Å². The SMILES string of the molecule is CC(C)CC1=CC2CCC1(CC(C)C)C2(C)C. The van der Waals surface area contributed by atoms with Crippen LogP contribution in [0.5, 0.6) is 0 Å². The van der Waals surface area contributed by atoms with Gasteiger partial charge in [0.15, 0.2) is 0 Å². The van der Waals surface area contributed by atoms with Crippen molar-refractivity contribution in [1.29, 1.82) is 0 Å². The summed E-state index contributed by atoms with van der Waals surface area (Å²) in [6.45, 7) is 14.6. The number of fused-ring (bicyclic) bond motifs is 2. The number of rotatable bonds is 4. The topological polar surface area (TPSA) is 0 Å². The summed E-state index contributed by atoms with van der Waals surface area (Å²) >= 11 is 0. The first-order valence-electron chi connectivity index (χ1n) is 7.51. The van der Waals surface area contributed by atoms with Crippen LogP contribution in [0.4, 0.5) is 0 Å². The lowest BCUT2D eigenvalue weighted by Crippen LogP contribution is -2.35.